The van der Waals surface area contributed by atoms with Crippen LogP contribution in [0.1, 0.15) is 18.2 Å². The zero-order valence-electron chi connectivity index (χ0n) is 13.5. The predicted octanol–water partition coefficient (Wildman–Crippen LogP) is 1.61. The first-order valence-electron chi connectivity index (χ1n) is 7.25. The molecule has 0 saturated carbocycles. The van der Waals surface area contributed by atoms with Gasteiger partial charge in [0.2, 0.25) is 11.9 Å². The molecule has 0 unspecified atom stereocenters. The fourth-order valence-electron chi connectivity index (χ4n) is 1.97. The summed E-state index contributed by atoms with van der Waals surface area (Å²) in [5, 5.41) is 0. The number of rotatable bonds is 6. The largest absolute Gasteiger partial charge is 0.380 e. The summed E-state index contributed by atoms with van der Waals surface area (Å²) in [5.74, 6) is 0.913. The highest BCUT2D eigenvalue weighted by Gasteiger charge is 2.13. The van der Waals surface area contributed by atoms with Crippen LogP contribution in [0.4, 0.5) is 11.9 Å². The van der Waals surface area contributed by atoms with Crippen molar-refractivity contribution in [2.45, 2.75) is 20.8 Å². The molecule has 0 fully saturated rings. The second-order valence-electron chi connectivity index (χ2n) is 5.03. The van der Waals surface area contributed by atoms with E-state index in [1.54, 1.807) is 12.4 Å². The minimum atomic E-state index is 0.251. The molecular weight excluding hydrogens is 280 g/mol. The number of aromatic nitrogens is 4. The molecule has 0 amide bonds. The van der Waals surface area contributed by atoms with Gasteiger partial charge in [-0.1, -0.05) is 0 Å². The molecule has 22 heavy (non-hydrogen) atoms. The van der Waals surface area contributed by atoms with E-state index in [0.717, 1.165) is 29.1 Å². The summed E-state index contributed by atoms with van der Waals surface area (Å²) in [7, 11) is 1.95. The molecule has 7 nitrogen and oxygen atoms in total. The number of anilines is 2. The zero-order chi connectivity index (χ0) is 16.1. The maximum atomic E-state index is 5.54. The van der Waals surface area contributed by atoms with Crippen molar-refractivity contribution in [1.82, 2.24) is 19.9 Å². The van der Waals surface area contributed by atoms with Crippen LogP contribution in [0.15, 0.2) is 12.4 Å². The van der Waals surface area contributed by atoms with Crippen LogP contribution in [-0.2, 0) is 4.74 Å². The number of nitrogen functional groups attached to an aromatic ring is 1. The molecule has 0 aliphatic heterocycles. The predicted molar refractivity (Wildman–Crippen MR) is 86.7 cm³/mol. The number of nitrogens with zero attached hydrogens (tertiary/aromatic N) is 5. The van der Waals surface area contributed by atoms with Crippen LogP contribution in [0.25, 0.3) is 11.3 Å². The maximum absolute atomic E-state index is 5.54. The summed E-state index contributed by atoms with van der Waals surface area (Å²) in [4.78, 5) is 19.2. The lowest BCUT2D eigenvalue weighted by atomic mass is 10.1. The molecule has 2 rings (SSSR count). The van der Waals surface area contributed by atoms with Gasteiger partial charge in [0, 0.05) is 43.9 Å². The van der Waals surface area contributed by atoms with Gasteiger partial charge >= 0.3 is 0 Å². The molecule has 2 heterocycles. The molecule has 0 spiro atoms. The first-order valence-corrected chi connectivity index (χ1v) is 7.25. The fraction of sp³-hybridized carbons (Fsp3) is 0.467. The highest BCUT2D eigenvalue weighted by Crippen LogP contribution is 2.24. The number of aryl methyl sites for hydroxylation is 1. The summed E-state index contributed by atoms with van der Waals surface area (Å²) >= 11 is 0. The van der Waals surface area contributed by atoms with Crippen molar-refractivity contribution in [3.8, 4) is 11.3 Å². The molecule has 0 saturated heterocycles. The number of hydrogen-bond donors (Lipinski definition) is 1. The summed E-state index contributed by atoms with van der Waals surface area (Å²) in [6.07, 6.45) is 3.36. The van der Waals surface area contributed by atoms with Gasteiger partial charge in [0.15, 0.2) is 0 Å². The minimum Gasteiger partial charge on any atom is -0.380 e. The molecule has 118 valence electrons. The summed E-state index contributed by atoms with van der Waals surface area (Å²) in [6.45, 7) is 8.02. The highest BCUT2D eigenvalue weighted by atomic mass is 16.5. The zero-order valence-corrected chi connectivity index (χ0v) is 13.5. The van der Waals surface area contributed by atoms with E-state index in [1.807, 2.05) is 32.7 Å². The Labute approximate surface area is 130 Å². The third-order valence-electron chi connectivity index (χ3n) is 3.44. The Morgan fingerprint density at radius 3 is 2.50 bits per heavy atom. The van der Waals surface area contributed by atoms with Crippen LogP contribution in [-0.4, -0.2) is 46.7 Å². The van der Waals surface area contributed by atoms with Crippen molar-refractivity contribution in [1.29, 1.82) is 0 Å². The van der Waals surface area contributed by atoms with E-state index < -0.39 is 0 Å². The van der Waals surface area contributed by atoms with Crippen LogP contribution in [0.5, 0.6) is 0 Å². The van der Waals surface area contributed by atoms with E-state index in [2.05, 4.69) is 19.9 Å². The number of nitrogens with two attached hydrogens (primary N) is 1. The van der Waals surface area contributed by atoms with Gasteiger partial charge in [-0.05, 0) is 26.3 Å². The van der Waals surface area contributed by atoms with Crippen LogP contribution in [0.2, 0.25) is 0 Å². The molecule has 7 heteroatoms. The van der Waals surface area contributed by atoms with E-state index in [0.29, 0.717) is 19.2 Å². The lowest BCUT2D eigenvalue weighted by Crippen LogP contribution is -2.25. The molecule has 0 aromatic carbocycles. The van der Waals surface area contributed by atoms with E-state index in [1.165, 1.54) is 0 Å². The van der Waals surface area contributed by atoms with Crippen molar-refractivity contribution in [3.63, 3.8) is 0 Å². The van der Waals surface area contributed by atoms with Gasteiger partial charge in [0.05, 0.1) is 12.3 Å². The standard InChI is InChI=1S/C15H22N6O/c1-5-22-7-6-21(4)15-19-11(3)10(2)13(20-15)12-8-17-14(16)18-9-12/h8-9H,5-7H2,1-4H3,(H2,16,17,18). The van der Waals surface area contributed by atoms with Crippen molar-refractivity contribution in [3.05, 3.63) is 23.7 Å². The smallest absolute Gasteiger partial charge is 0.225 e. The number of hydrogen-bond acceptors (Lipinski definition) is 7. The van der Waals surface area contributed by atoms with Crippen molar-refractivity contribution in [2.75, 3.05) is 37.4 Å². The topological polar surface area (TPSA) is 90.0 Å². The minimum absolute atomic E-state index is 0.251. The maximum Gasteiger partial charge on any atom is 0.225 e. The normalized spacial score (nSPS) is 10.7. The second-order valence-corrected chi connectivity index (χ2v) is 5.03. The summed E-state index contributed by atoms with van der Waals surface area (Å²) in [5.41, 5.74) is 9.14. The average molecular weight is 302 g/mol. The van der Waals surface area contributed by atoms with Gasteiger partial charge < -0.3 is 15.4 Å². The fourth-order valence-corrected chi connectivity index (χ4v) is 1.97. The third kappa shape index (κ3) is 3.67. The first-order chi connectivity index (χ1) is 10.5. The van der Waals surface area contributed by atoms with E-state index >= 15 is 0 Å². The van der Waals surface area contributed by atoms with Crippen LogP contribution < -0.4 is 10.6 Å². The molecular formula is C15H22N6O. The van der Waals surface area contributed by atoms with Crippen molar-refractivity contribution >= 4 is 11.9 Å². The lowest BCUT2D eigenvalue weighted by molar-refractivity contribution is 0.154. The Morgan fingerprint density at radius 2 is 1.86 bits per heavy atom. The van der Waals surface area contributed by atoms with Crippen molar-refractivity contribution in [2.24, 2.45) is 0 Å². The Bertz CT molecular complexity index is 629. The van der Waals surface area contributed by atoms with Gasteiger partial charge in [-0.2, -0.15) is 0 Å². The summed E-state index contributed by atoms with van der Waals surface area (Å²) < 4.78 is 5.38. The molecule has 0 atom stereocenters. The number of likely N-dealkylation sites (N-methyl/N-ethyl adjacent to an activating group) is 1. The van der Waals surface area contributed by atoms with Gasteiger partial charge in [0.1, 0.15) is 0 Å². The quantitative estimate of drug-likeness (QED) is 0.810. The SMILES string of the molecule is CCOCCN(C)c1nc(C)c(C)c(-c2cnc(N)nc2)n1. The van der Waals surface area contributed by atoms with Crippen LogP contribution in [0, 0.1) is 13.8 Å². The molecule has 2 aromatic heterocycles. The Hall–Kier alpha value is -2.28. The van der Waals surface area contributed by atoms with E-state index in [4.69, 9.17) is 10.5 Å². The Balaban J connectivity index is 2.32. The van der Waals surface area contributed by atoms with Gasteiger partial charge in [-0.15, -0.1) is 0 Å². The van der Waals surface area contributed by atoms with Gasteiger partial charge in [-0.25, -0.2) is 19.9 Å². The molecule has 0 radical (unpaired) electrons. The number of ether oxygens (including phenoxy) is 1. The monoisotopic (exact) mass is 302 g/mol. The molecule has 2 N–H and O–H groups in total. The van der Waals surface area contributed by atoms with Crippen LogP contribution in [0.3, 0.4) is 0 Å². The molecule has 0 aliphatic rings. The van der Waals surface area contributed by atoms with Gasteiger partial charge in [0.25, 0.3) is 0 Å². The lowest BCUT2D eigenvalue weighted by Gasteiger charge is -2.19. The van der Waals surface area contributed by atoms with E-state index in [9.17, 15) is 0 Å². The summed E-state index contributed by atoms with van der Waals surface area (Å²) in [6, 6.07) is 0. The van der Waals surface area contributed by atoms with E-state index in [-0.39, 0.29) is 5.95 Å². The molecule has 2 aromatic rings. The second kappa shape index (κ2) is 7.13. The Kier molecular flexibility index (Phi) is 5.21. The van der Waals surface area contributed by atoms with Crippen molar-refractivity contribution < 1.29 is 4.74 Å². The highest BCUT2D eigenvalue weighted by molar-refractivity contribution is 5.63. The molecule has 0 bridgehead atoms. The average Bonchev–Trinajstić information content (AvgIpc) is 2.51. The third-order valence-corrected chi connectivity index (χ3v) is 3.44. The molecule has 0 aliphatic carbocycles. The van der Waals surface area contributed by atoms with Gasteiger partial charge in [-0.3, -0.25) is 0 Å². The first kappa shape index (κ1) is 16.1. The van der Waals surface area contributed by atoms with Crippen LogP contribution >= 0.6 is 0 Å². The Morgan fingerprint density at radius 1 is 1.18 bits per heavy atom.